The van der Waals surface area contributed by atoms with Crippen molar-refractivity contribution in [3.8, 4) is 0 Å². The first kappa shape index (κ1) is 31.0. The topological polar surface area (TPSA) is 231 Å². The molecule has 37 heavy (non-hydrogen) atoms. The van der Waals surface area contributed by atoms with Crippen molar-refractivity contribution in [2.75, 3.05) is 0 Å². The van der Waals surface area contributed by atoms with Crippen LogP contribution in [0.15, 0.2) is 30.3 Å². The van der Waals surface area contributed by atoms with Gasteiger partial charge in [-0.15, -0.1) is 0 Å². The standard InChI is InChI=1S/C24H35N5O8/c1-13(2)20(29-21(33)15(25)12-14-6-4-3-5-7-14)23(35)27-16(8-10-18(26)30)22(34)28-17(24(36)37)9-11-19(31)32/h3-7,13,15-17,20H,8-12,25H2,1-2H3,(H2,26,30)(H,27,35)(H,28,34)(H,29,33)(H,31,32)(H,36,37). The van der Waals surface area contributed by atoms with Gasteiger partial charge in [0.15, 0.2) is 0 Å². The number of rotatable bonds is 16. The lowest BCUT2D eigenvalue weighted by molar-refractivity contribution is -0.143. The molecule has 0 fully saturated rings. The van der Waals surface area contributed by atoms with E-state index in [1.165, 1.54) is 0 Å². The third kappa shape index (κ3) is 11.5. The molecule has 13 nitrogen and oxygen atoms in total. The number of carboxylic acid groups (broad SMARTS) is 2. The Kier molecular flexibility index (Phi) is 12.7. The molecule has 204 valence electrons. The van der Waals surface area contributed by atoms with E-state index in [-0.39, 0.29) is 19.3 Å². The molecule has 0 spiro atoms. The number of carbonyl (C=O) groups excluding carboxylic acids is 4. The smallest absolute Gasteiger partial charge is 0.326 e. The lowest BCUT2D eigenvalue weighted by Crippen LogP contribution is -2.58. The van der Waals surface area contributed by atoms with Crippen LogP contribution in [0.1, 0.15) is 45.1 Å². The molecule has 0 bridgehead atoms. The van der Waals surface area contributed by atoms with Crippen molar-refractivity contribution < 1.29 is 39.0 Å². The third-order valence-electron chi connectivity index (χ3n) is 5.46. The lowest BCUT2D eigenvalue weighted by Gasteiger charge is -2.27. The first-order valence-corrected chi connectivity index (χ1v) is 11.7. The Morgan fingerprint density at radius 3 is 1.89 bits per heavy atom. The fourth-order valence-corrected chi connectivity index (χ4v) is 3.37. The number of aliphatic carboxylic acids is 2. The molecule has 0 aliphatic carbocycles. The number of primary amides is 1. The predicted octanol–water partition coefficient (Wildman–Crippen LogP) is -1.12. The third-order valence-corrected chi connectivity index (χ3v) is 5.46. The van der Waals surface area contributed by atoms with E-state index in [0.29, 0.717) is 0 Å². The molecule has 0 saturated heterocycles. The summed E-state index contributed by atoms with van der Waals surface area (Å²) in [5.41, 5.74) is 12.0. The Morgan fingerprint density at radius 1 is 0.811 bits per heavy atom. The maximum absolute atomic E-state index is 13.0. The summed E-state index contributed by atoms with van der Waals surface area (Å²) in [6, 6.07) is 4.10. The average molecular weight is 522 g/mol. The van der Waals surface area contributed by atoms with E-state index in [4.69, 9.17) is 16.6 Å². The van der Waals surface area contributed by atoms with Gasteiger partial charge in [-0.3, -0.25) is 24.0 Å². The van der Waals surface area contributed by atoms with Crippen molar-refractivity contribution >= 4 is 35.6 Å². The second-order valence-corrected chi connectivity index (χ2v) is 8.92. The quantitative estimate of drug-likeness (QED) is 0.139. The van der Waals surface area contributed by atoms with Gasteiger partial charge in [0.25, 0.3) is 0 Å². The van der Waals surface area contributed by atoms with Crippen molar-refractivity contribution in [3.05, 3.63) is 35.9 Å². The number of benzene rings is 1. The monoisotopic (exact) mass is 521 g/mol. The Balaban J connectivity index is 2.95. The summed E-state index contributed by atoms with van der Waals surface area (Å²) >= 11 is 0. The highest BCUT2D eigenvalue weighted by Crippen LogP contribution is 2.08. The summed E-state index contributed by atoms with van der Waals surface area (Å²) in [7, 11) is 0. The molecular weight excluding hydrogens is 486 g/mol. The van der Waals surface area contributed by atoms with Gasteiger partial charge in [-0.05, 0) is 30.7 Å². The van der Waals surface area contributed by atoms with Crippen LogP contribution in [-0.2, 0) is 35.2 Å². The molecule has 13 heteroatoms. The molecule has 0 saturated carbocycles. The number of amides is 4. The van der Waals surface area contributed by atoms with E-state index in [9.17, 15) is 33.9 Å². The van der Waals surface area contributed by atoms with E-state index in [1.807, 2.05) is 18.2 Å². The van der Waals surface area contributed by atoms with Crippen LogP contribution in [0.3, 0.4) is 0 Å². The number of nitrogens with one attached hydrogen (secondary N) is 3. The maximum Gasteiger partial charge on any atom is 0.326 e. The van der Waals surface area contributed by atoms with Gasteiger partial charge in [0, 0.05) is 12.8 Å². The fourth-order valence-electron chi connectivity index (χ4n) is 3.37. The van der Waals surface area contributed by atoms with Crippen molar-refractivity contribution in [3.63, 3.8) is 0 Å². The Hall–Kier alpha value is -4.00. The van der Waals surface area contributed by atoms with Gasteiger partial charge in [0.1, 0.15) is 18.1 Å². The SMILES string of the molecule is CC(C)C(NC(=O)C(N)Cc1ccccc1)C(=O)NC(CCC(N)=O)C(=O)NC(CCC(=O)O)C(=O)O. The van der Waals surface area contributed by atoms with Gasteiger partial charge in [-0.25, -0.2) is 4.79 Å². The average Bonchev–Trinajstić information content (AvgIpc) is 2.82. The Labute approximate surface area is 214 Å². The zero-order valence-corrected chi connectivity index (χ0v) is 20.8. The van der Waals surface area contributed by atoms with Gasteiger partial charge in [0.05, 0.1) is 6.04 Å². The van der Waals surface area contributed by atoms with E-state index < -0.39 is 78.5 Å². The number of carbonyl (C=O) groups is 6. The second-order valence-electron chi connectivity index (χ2n) is 8.92. The van der Waals surface area contributed by atoms with Gasteiger partial charge in [0.2, 0.25) is 23.6 Å². The maximum atomic E-state index is 13.0. The van der Waals surface area contributed by atoms with Crippen LogP contribution in [-0.4, -0.2) is 69.9 Å². The molecule has 0 heterocycles. The molecule has 4 unspecified atom stereocenters. The zero-order valence-electron chi connectivity index (χ0n) is 20.8. The summed E-state index contributed by atoms with van der Waals surface area (Å²) in [6.45, 7) is 3.33. The van der Waals surface area contributed by atoms with Crippen molar-refractivity contribution in [1.82, 2.24) is 16.0 Å². The zero-order chi connectivity index (χ0) is 28.1. The molecule has 1 aromatic rings. The Morgan fingerprint density at radius 2 is 1.38 bits per heavy atom. The molecule has 0 aliphatic rings. The van der Waals surface area contributed by atoms with Crippen molar-refractivity contribution in [2.45, 2.75) is 70.1 Å². The summed E-state index contributed by atoms with van der Waals surface area (Å²) in [4.78, 5) is 72.0. The van der Waals surface area contributed by atoms with Crippen LogP contribution in [0, 0.1) is 5.92 Å². The fraction of sp³-hybridized carbons (Fsp3) is 0.500. The Bertz CT molecular complexity index is 969. The highest BCUT2D eigenvalue weighted by Gasteiger charge is 2.32. The minimum absolute atomic E-state index is 0.232. The van der Waals surface area contributed by atoms with E-state index in [1.54, 1.807) is 26.0 Å². The first-order valence-electron chi connectivity index (χ1n) is 11.7. The highest BCUT2D eigenvalue weighted by atomic mass is 16.4. The lowest BCUT2D eigenvalue weighted by atomic mass is 10.00. The van der Waals surface area contributed by atoms with Crippen molar-refractivity contribution in [2.24, 2.45) is 17.4 Å². The predicted molar refractivity (Wildman–Crippen MR) is 132 cm³/mol. The normalized spacial score (nSPS) is 14.1. The van der Waals surface area contributed by atoms with Crippen LogP contribution < -0.4 is 27.4 Å². The largest absolute Gasteiger partial charge is 0.481 e. The van der Waals surface area contributed by atoms with Crippen LogP contribution in [0.2, 0.25) is 0 Å². The molecule has 9 N–H and O–H groups in total. The number of carboxylic acids is 2. The van der Waals surface area contributed by atoms with Crippen LogP contribution in [0.4, 0.5) is 0 Å². The van der Waals surface area contributed by atoms with E-state index in [0.717, 1.165) is 5.56 Å². The molecule has 1 aromatic carbocycles. The minimum atomic E-state index is -1.53. The first-order chi connectivity index (χ1) is 17.3. The number of nitrogens with two attached hydrogens (primary N) is 2. The molecule has 0 aromatic heterocycles. The molecule has 4 atom stereocenters. The summed E-state index contributed by atoms with van der Waals surface area (Å²) in [5, 5.41) is 25.3. The molecule has 4 amide bonds. The second kappa shape index (κ2) is 15.2. The van der Waals surface area contributed by atoms with Gasteiger partial charge >= 0.3 is 11.9 Å². The van der Waals surface area contributed by atoms with Crippen LogP contribution >= 0.6 is 0 Å². The summed E-state index contributed by atoms with van der Waals surface area (Å²) < 4.78 is 0. The van der Waals surface area contributed by atoms with Gasteiger partial charge in [-0.2, -0.15) is 0 Å². The van der Waals surface area contributed by atoms with Crippen molar-refractivity contribution in [1.29, 1.82) is 0 Å². The van der Waals surface area contributed by atoms with Gasteiger partial charge < -0.3 is 37.6 Å². The molecule has 1 rings (SSSR count). The highest BCUT2D eigenvalue weighted by molar-refractivity contribution is 5.94. The summed E-state index contributed by atoms with van der Waals surface area (Å²) in [6.07, 6.45) is -1.22. The molecule has 0 aliphatic heterocycles. The van der Waals surface area contributed by atoms with E-state index >= 15 is 0 Å². The number of hydrogen-bond donors (Lipinski definition) is 7. The summed E-state index contributed by atoms with van der Waals surface area (Å²) in [5.74, 6) is -6.17. The van der Waals surface area contributed by atoms with Gasteiger partial charge in [-0.1, -0.05) is 44.2 Å². The van der Waals surface area contributed by atoms with Crippen LogP contribution in [0.5, 0.6) is 0 Å². The molecular formula is C24H35N5O8. The number of hydrogen-bond acceptors (Lipinski definition) is 7. The van der Waals surface area contributed by atoms with E-state index in [2.05, 4.69) is 16.0 Å². The van der Waals surface area contributed by atoms with Crippen LogP contribution in [0.25, 0.3) is 0 Å². The minimum Gasteiger partial charge on any atom is -0.481 e. The molecule has 0 radical (unpaired) electrons.